The summed E-state index contributed by atoms with van der Waals surface area (Å²) in [4.78, 5) is 25.0. The van der Waals surface area contributed by atoms with E-state index in [2.05, 4.69) is 15.7 Å². The molecule has 1 fully saturated rings. The van der Waals surface area contributed by atoms with Gasteiger partial charge in [0.1, 0.15) is 11.6 Å². The highest BCUT2D eigenvalue weighted by atomic mass is 19.1. The summed E-state index contributed by atoms with van der Waals surface area (Å²) in [7, 11) is 0. The lowest BCUT2D eigenvalue weighted by molar-refractivity contribution is -0.116. The van der Waals surface area contributed by atoms with Crippen molar-refractivity contribution in [3.05, 3.63) is 65.6 Å². The molecule has 0 spiro atoms. The van der Waals surface area contributed by atoms with E-state index in [1.54, 1.807) is 24.3 Å². The zero-order valence-electron chi connectivity index (χ0n) is 19.3. The molecule has 7 nitrogen and oxygen atoms in total. The molecule has 34 heavy (non-hydrogen) atoms. The fraction of sp³-hybridized carbons (Fsp3) is 0.346. The number of carbonyl (C=O) groups is 2. The Balaban J connectivity index is 1.54. The van der Waals surface area contributed by atoms with Gasteiger partial charge in [0.05, 0.1) is 11.4 Å². The molecule has 1 heterocycles. The summed E-state index contributed by atoms with van der Waals surface area (Å²) in [6, 6.07) is 12.3. The predicted molar refractivity (Wildman–Crippen MR) is 128 cm³/mol. The van der Waals surface area contributed by atoms with E-state index >= 15 is 0 Å². The van der Waals surface area contributed by atoms with Gasteiger partial charge in [-0.25, -0.2) is 9.18 Å². The Morgan fingerprint density at radius 3 is 2.50 bits per heavy atom. The molecular formula is C26H29FN4O3. The molecule has 8 heteroatoms. The number of benzene rings is 2. The maximum absolute atomic E-state index is 13.1. The van der Waals surface area contributed by atoms with Gasteiger partial charge < -0.3 is 15.7 Å². The number of carbonyl (C=O) groups excluding carboxylic acids is 2. The molecule has 3 aromatic rings. The van der Waals surface area contributed by atoms with E-state index in [1.807, 2.05) is 19.9 Å². The molecule has 3 N–H and O–H groups in total. The smallest absolute Gasteiger partial charge is 0.342 e. The van der Waals surface area contributed by atoms with Crippen LogP contribution in [0, 0.1) is 11.7 Å². The number of hydrogen-bond acceptors (Lipinski definition) is 4. The Morgan fingerprint density at radius 1 is 1.15 bits per heavy atom. The van der Waals surface area contributed by atoms with Gasteiger partial charge in [0.2, 0.25) is 5.91 Å². The molecule has 178 valence electrons. The Kier molecular flexibility index (Phi) is 6.95. The third-order valence-corrected chi connectivity index (χ3v) is 5.96. The molecular weight excluding hydrogens is 435 g/mol. The van der Waals surface area contributed by atoms with Crippen LogP contribution in [0.5, 0.6) is 5.75 Å². The summed E-state index contributed by atoms with van der Waals surface area (Å²) >= 11 is 0. The van der Waals surface area contributed by atoms with E-state index in [-0.39, 0.29) is 41.9 Å². The second-order valence-electron chi connectivity index (χ2n) is 9.16. The Bertz CT molecular complexity index is 1180. The molecule has 0 radical (unpaired) electrons. The van der Waals surface area contributed by atoms with Crippen molar-refractivity contribution in [1.29, 1.82) is 0 Å². The Morgan fingerprint density at radius 2 is 1.88 bits per heavy atom. The van der Waals surface area contributed by atoms with Gasteiger partial charge in [0.15, 0.2) is 0 Å². The molecule has 0 atom stereocenters. The number of phenolic OH excluding ortho intramolecular Hbond substituents is 1. The summed E-state index contributed by atoms with van der Waals surface area (Å²) in [6.45, 7) is 4.17. The molecule has 4 rings (SSSR count). The standard InChI is InChI=1S/C26H29FN4O3/c1-16(2)12-25(33)29-20-10-11-21(24(32)13-20)22-14-23(18-4-3-5-18)31(30-22)26(34)28-15-17-6-8-19(27)9-7-17/h6-11,13-14,16,18,32H,3-5,12,15H2,1-2H3,(H,28,34)(H,29,33). The first-order valence-corrected chi connectivity index (χ1v) is 11.6. The Labute approximate surface area is 198 Å². The van der Waals surface area contributed by atoms with Gasteiger partial charge in [-0.15, -0.1) is 0 Å². The maximum atomic E-state index is 13.1. The molecule has 2 aromatic carbocycles. The summed E-state index contributed by atoms with van der Waals surface area (Å²) in [6.07, 6.45) is 3.44. The first kappa shape index (κ1) is 23.5. The van der Waals surface area contributed by atoms with Crippen molar-refractivity contribution in [2.45, 2.75) is 52.0 Å². The molecule has 1 aliphatic rings. The monoisotopic (exact) mass is 464 g/mol. The van der Waals surface area contributed by atoms with Gasteiger partial charge in [-0.1, -0.05) is 32.4 Å². The fourth-order valence-corrected chi connectivity index (χ4v) is 3.95. The van der Waals surface area contributed by atoms with Crippen molar-refractivity contribution in [2.24, 2.45) is 5.92 Å². The minimum atomic E-state index is -0.380. The molecule has 2 amide bonds. The van der Waals surface area contributed by atoms with Crippen molar-refractivity contribution in [3.8, 4) is 17.0 Å². The molecule has 1 aromatic heterocycles. The van der Waals surface area contributed by atoms with Crippen molar-refractivity contribution in [3.63, 3.8) is 0 Å². The van der Waals surface area contributed by atoms with Gasteiger partial charge in [-0.2, -0.15) is 9.78 Å². The van der Waals surface area contributed by atoms with Crippen LogP contribution in [-0.4, -0.2) is 26.8 Å². The predicted octanol–water partition coefficient (Wildman–Crippen LogP) is 5.40. The normalized spacial score (nSPS) is 13.5. The largest absolute Gasteiger partial charge is 0.507 e. The number of aromatic nitrogens is 2. The number of phenols is 1. The number of nitrogens with one attached hydrogen (secondary N) is 2. The SMILES string of the molecule is CC(C)CC(=O)Nc1ccc(-c2cc(C3CCC3)n(C(=O)NCc3ccc(F)cc3)n2)c(O)c1. The maximum Gasteiger partial charge on any atom is 0.342 e. The van der Waals surface area contributed by atoms with Gasteiger partial charge in [-0.3, -0.25) is 4.79 Å². The van der Waals surface area contributed by atoms with E-state index in [9.17, 15) is 19.1 Å². The van der Waals surface area contributed by atoms with Crippen molar-refractivity contribution in [2.75, 3.05) is 5.32 Å². The van der Waals surface area contributed by atoms with E-state index in [4.69, 9.17) is 0 Å². The number of anilines is 1. The van der Waals surface area contributed by atoms with E-state index in [1.165, 1.54) is 22.9 Å². The van der Waals surface area contributed by atoms with E-state index in [0.717, 1.165) is 30.5 Å². The van der Waals surface area contributed by atoms with Crippen molar-refractivity contribution < 1.29 is 19.1 Å². The van der Waals surface area contributed by atoms with Crippen LogP contribution >= 0.6 is 0 Å². The van der Waals surface area contributed by atoms with Crippen LogP contribution in [0.2, 0.25) is 0 Å². The highest BCUT2D eigenvalue weighted by molar-refractivity contribution is 5.91. The second-order valence-corrected chi connectivity index (χ2v) is 9.16. The van der Waals surface area contributed by atoms with Gasteiger partial charge in [0, 0.05) is 36.2 Å². The molecule has 1 saturated carbocycles. The van der Waals surface area contributed by atoms with Gasteiger partial charge in [-0.05, 0) is 54.7 Å². The number of rotatable bonds is 7. The number of hydrogen-bond donors (Lipinski definition) is 3. The fourth-order valence-electron chi connectivity index (χ4n) is 3.95. The van der Waals surface area contributed by atoms with Gasteiger partial charge >= 0.3 is 6.03 Å². The molecule has 0 bridgehead atoms. The van der Waals surface area contributed by atoms with Crippen LogP contribution in [0.3, 0.4) is 0 Å². The zero-order chi connectivity index (χ0) is 24.2. The number of halogens is 1. The van der Waals surface area contributed by atoms with Crippen molar-refractivity contribution in [1.82, 2.24) is 15.1 Å². The van der Waals surface area contributed by atoms with Crippen LogP contribution < -0.4 is 10.6 Å². The van der Waals surface area contributed by atoms with Crippen LogP contribution in [-0.2, 0) is 11.3 Å². The average Bonchev–Trinajstić information content (AvgIpc) is 3.15. The molecule has 1 aliphatic carbocycles. The highest BCUT2D eigenvalue weighted by Gasteiger charge is 2.27. The van der Waals surface area contributed by atoms with E-state index in [0.29, 0.717) is 23.4 Å². The minimum Gasteiger partial charge on any atom is -0.507 e. The van der Waals surface area contributed by atoms with E-state index < -0.39 is 0 Å². The molecule has 0 unspecified atom stereocenters. The number of aromatic hydroxyl groups is 1. The quantitative estimate of drug-likeness (QED) is 0.436. The lowest BCUT2D eigenvalue weighted by atomic mass is 9.82. The third-order valence-electron chi connectivity index (χ3n) is 5.96. The zero-order valence-corrected chi connectivity index (χ0v) is 19.3. The summed E-state index contributed by atoms with van der Waals surface area (Å²) in [5.74, 6) is -0.00898. The Hall–Kier alpha value is -3.68. The van der Waals surface area contributed by atoms with Crippen LogP contribution in [0.15, 0.2) is 48.5 Å². The number of nitrogens with zero attached hydrogens (tertiary/aromatic N) is 2. The van der Waals surface area contributed by atoms with Crippen LogP contribution in [0.25, 0.3) is 11.3 Å². The second kappa shape index (κ2) is 10.1. The summed E-state index contributed by atoms with van der Waals surface area (Å²) < 4.78 is 14.5. The van der Waals surface area contributed by atoms with Crippen LogP contribution in [0.1, 0.15) is 56.7 Å². The lowest BCUT2D eigenvalue weighted by Gasteiger charge is -2.25. The first-order valence-electron chi connectivity index (χ1n) is 11.6. The summed E-state index contributed by atoms with van der Waals surface area (Å²) in [5, 5.41) is 20.7. The average molecular weight is 465 g/mol. The molecule has 0 aliphatic heterocycles. The first-order chi connectivity index (χ1) is 16.3. The third kappa shape index (κ3) is 5.44. The lowest BCUT2D eigenvalue weighted by Crippen LogP contribution is -2.31. The van der Waals surface area contributed by atoms with Crippen molar-refractivity contribution >= 4 is 17.6 Å². The minimum absolute atomic E-state index is 0.0288. The summed E-state index contributed by atoms with van der Waals surface area (Å²) in [5.41, 5.74) is 3.04. The molecule has 0 saturated heterocycles. The highest BCUT2D eigenvalue weighted by Crippen LogP contribution is 2.39. The topological polar surface area (TPSA) is 96.3 Å². The van der Waals surface area contributed by atoms with Crippen LogP contribution in [0.4, 0.5) is 14.9 Å². The van der Waals surface area contributed by atoms with Gasteiger partial charge in [0.25, 0.3) is 0 Å². The number of amides is 2.